The van der Waals surface area contributed by atoms with Crippen molar-refractivity contribution < 1.29 is 18.7 Å². The summed E-state index contributed by atoms with van der Waals surface area (Å²) in [5.41, 5.74) is 5.04. The molecule has 0 saturated heterocycles. The molecule has 184 valence electrons. The van der Waals surface area contributed by atoms with Gasteiger partial charge in [0.05, 0.1) is 18.4 Å². The number of hydrogen-bond acceptors (Lipinski definition) is 5. The maximum atomic E-state index is 13.1. The molecule has 1 N–H and O–H groups in total. The molecule has 0 spiro atoms. The summed E-state index contributed by atoms with van der Waals surface area (Å²) in [4.78, 5) is 25.4. The second kappa shape index (κ2) is 10.8. The second-order valence-electron chi connectivity index (χ2n) is 8.65. The number of carbonyl (C=O) groups excluding carboxylic acids is 2. The lowest BCUT2D eigenvalue weighted by atomic mass is 9.85. The van der Waals surface area contributed by atoms with Gasteiger partial charge in [-0.1, -0.05) is 76.6 Å². The Kier molecular flexibility index (Phi) is 7.14. The van der Waals surface area contributed by atoms with Crippen LogP contribution in [-0.4, -0.2) is 18.1 Å². The Balaban J connectivity index is 1.29. The molecule has 3 aromatic carbocycles. The predicted octanol–water partition coefficient (Wildman–Crippen LogP) is 6.12. The van der Waals surface area contributed by atoms with Gasteiger partial charge in [0, 0.05) is 21.5 Å². The molecule has 37 heavy (non-hydrogen) atoms. The summed E-state index contributed by atoms with van der Waals surface area (Å²) in [6.07, 6.45) is 6.49. The molecular formula is C30H23BrN2O4. The van der Waals surface area contributed by atoms with E-state index in [1.54, 1.807) is 30.3 Å². The number of hydrogen-bond donors (Lipinski definition) is 1. The zero-order chi connectivity index (χ0) is 25.7. The van der Waals surface area contributed by atoms with Crippen molar-refractivity contribution in [3.05, 3.63) is 130 Å². The first-order valence-corrected chi connectivity index (χ1v) is 12.5. The highest BCUT2D eigenvalue weighted by Gasteiger charge is 2.60. The van der Waals surface area contributed by atoms with Crippen molar-refractivity contribution in [3.8, 4) is 5.75 Å². The van der Waals surface area contributed by atoms with Crippen LogP contribution in [0.15, 0.2) is 117 Å². The summed E-state index contributed by atoms with van der Waals surface area (Å²) in [5, 5.41) is 4.18. The number of hydrazone groups is 1. The van der Waals surface area contributed by atoms with Gasteiger partial charge in [0.15, 0.2) is 0 Å². The smallest absolute Gasteiger partial charge is 0.336 e. The standard InChI is InChI=1S/C30H23BrN2O4/c31-24-13-15-27(37-28(34)16-14-25-12-7-17-36-25)21(18-24)20-32-33-29(35)26-19-30(26,22-8-3-1-4-9-22)23-10-5-2-6-11-23/h1-18,20,26H,19H2,(H,33,35)/b16-14+,32-20?/t26-/m1/s1. The Morgan fingerprint density at radius 2 is 1.68 bits per heavy atom. The number of nitrogens with zero attached hydrogens (tertiary/aromatic N) is 1. The van der Waals surface area contributed by atoms with Gasteiger partial charge in [-0.25, -0.2) is 10.2 Å². The molecule has 1 heterocycles. The van der Waals surface area contributed by atoms with E-state index < -0.39 is 5.97 Å². The predicted molar refractivity (Wildman–Crippen MR) is 145 cm³/mol. The minimum absolute atomic E-state index is 0.168. The molecule has 1 aliphatic carbocycles. The summed E-state index contributed by atoms with van der Waals surface area (Å²) in [6.45, 7) is 0. The van der Waals surface area contributed by atoms with Crippen molar-refractivity contribution in [3.63, 3.8) is 0 Å². The van der Waals surface area contributed by atoms with Crippen LogP contribution in [0.1, 0.15) is 28.9 Å². The number of furan rings is 1. The van der Waals surface area contributed by atoms with Crippen LogP contribution in [0.25, 0.3) is 6.08 Å². The van der Waals surface area contributed by atoms with Gasteiger partial charge in [0.25, 0.3) is 0 Å². The molecule has 4 aromatic rings. The fraction of sp³-hybridized carbons (Fsp3) is 0.100. The van der Waals surface area contributed by atoms with Crippen LogP contribution in [0.3, 0.4) is 0 Å². The monoisotopic (exact) mass is 554 g/mol. The van der Waals surface area contributed by atoms with E-state index >= 15 is 0 Å². The minimum Gasteiger partial charge on any atom is -0.465 e. The van der Waals surface area contributed by atoms with Crippen molar-refractivity contribution in [2.24, 2.45) is 11.0 Å². The molecule has 0 bridgehead atoms. The number of halogens is 1. The van der Waals surface area contributed by atoms with Crippen LogP contribution in [0.5, 0.6) is 5.75 Å². The minimum atomic E-state index is -0.564. The second-order valence-corrected chi connectivity index (χ2v) is 9.56. The number of carbonyl (C=O) groups is 2. The molecule has 1 aromatic heterocycles. The first-order chi connectivity index (χ1) is 18.1. The molecule has 6 nitrogen and oxygen atoms in total. The topological polar surface area (TPSA) is 80.9 Å². The lowest BCUT2D eigenvalue weighted by Gasteiger charge is -2.18. The molecule has 1 fully saturated rings. The summed E-state index contributed by atoms with van der Waals surface area (Å²) in [7, 11) is 0. The average molecular weight is 555 g/mol. The highest BCUT2D eigenvalue weighted by molar-refractivity contribution is 9.10. The number of benzene rings is 3. The van der Waals surface area contributed by atoms with E-state index in [4.69, 9.17) is 9.15 Å². The van der Waals surface area contributed by atoms with Gasteiger partial charge in [-0.15, -0.1) is 0 Å². The molecule has 1 saturated carbocycles. The van der Waals surface area contributed by atoms with Crippen LogP contribution in [-0.2, 0) is 15.0 Å². The first kappa shape index (κ1) is 24.5. The van der Waals surface area contributed by atoms with E-state index in [1.807, 2.05) is 36.4 Å². The molecule has 0 unspecified atom stereocenters. The zero-order valence-corrected chi connectivity index (χ0v) is 21.3. The molecule has 1 aliphatic rings. The summed E-state index contributed by atoms with van der Waals surface area (Å²) in [6, 6.07) is 28.8. The van der Waals surface area contributed by atoms with Crippen molar-refractivity contribution in [2.75, 3.05) is 0 Å². The van der Waals surface area contributed by atoms with Crippen molar-refractivity contribution in [1.29, 1.82) is 0 Å². The van der Waals surface area contributed by atoms with Crippen molar-refractivity contribution in [1.82, 2.24) is 5.43 Å². The third kappa shape index (κ3) is 5.47. The van der Waals surface area contributed by atoms with Crippen molar-refractivity contribution in [2.45, 2.75) is 11.8 Å². The Morgan fingerprint density at radius 1 is 0.973 bits per heavy atom. The van der Waals surface area contributed by atoms with E-state index in [0.717, 1.165) is 15.6 Å². The van der Waals surface area contributed by atoms with Gasteiger partial charge < -0.3 is 9.15 Å². The van der Waals surface area contributed by atoms with Crippen LogP contribution >= 0.6 is 15.9 Å². The molecular weight excluding hydrogens is 532 g/mol. The lowest BCUT2D eigenvalue weighted by molar-refractivity contribution is -0.129. The fourth-order valence-electron chi connectivity index (χ4n) is 4.49. The van der Waals surface area contributed by atoms with E-state index in [1.165, 1.54) is 24.6 Å². The molecule has 7 heteroatoms. The molecule has 0 aliphatic heterocycles. The zero-order valence-electron chi connectivity index (χ0n) is 19.7. The Hall–Kier alpha value is -4.23. The van der Waals surface area contributed by atoms with Crippen LogP contribution in [0.2, 0.25) is 0 Å². The third-order valence-electron chi connectivity index (χ3n) is 6.34. The van der Waals surface area contributed by atoms with Gasteiger partial charge in [0.2, 0.25) is 5.91 Å². The normalized spacial score (nSPS) is 16.1. The number of nitrogens with one attached hydrogen (secondary N) is 1. The largest absolute Gasteiger partial charge is 0.465 e. The maximum absolute atomic E-state index is 13.1. The quantitative estimate of drug-likeness (QED) is 0.0935. The first-order valence-electron chi connectivity index (χ1n) is 11.7. The maximum Gasteiger partial charge on any atom is 0.336 e. The van der Waals surface area contributed by atoms with Crippen LogP contribution < -0.4 is 10.2 Å². The van der Waals surface area contributed by atoms with E-state index in [2.05, 4.69) is 50.7 Å². The summed E-state index contributed by atoms with van der Waals surface area (Å²) >= 11 is 3.42. The molecule has 5 rings (SSSR count). The molecule has 1 atom stereocenters. The number of esters is 1. The fourth-order valence-corrected chi connectivity index (χ4v) is 4.87. The van der Waals surface area contributed by atoms with E-state index in [-0.39, 0.29) is 17.2 Å². The van der Waals surface area contributed by atoms with Crippen molar-refractivity contribution >= 4 is 40.1 Å². The number of rotatable bonds is 8. The van der Waals surface area contributed by atoms with E-state index in [0.29, 0.717) is 23.5 Å². The van der Waals surface area contributed by atoms with Gasteiger partial charge in [-0.3, -0.25) is 4.79 Å². The van der Waals surface area contributed by atoms with Gasteiger partial charge in [-0.05, 0) is 54.0 Å². The molecule has 1 amide bonds. The third-order valence-corrected chi connectivity index (χ3v) is 6.84. The average Bonchev–Trinajstić information content (AvgIpc) is 3.48. The van der Waals surface area contributed by atoms with Gasteiger partial charge >= 0.3 is 5.97 Å². The van der Waals surface area contributed by atoms with Crippen LogP contribution in [0, 0.1) is 5.92 Å². The Labute approximate surface area is 222 Å². The number of ether oxygens (including phenoxy) is 1. The Morgan fingerprint density at radius 3 is 2.32 bits per heavy atom. The Bertz CT molecular complexity index is 1410. The van der Waals surface area contributed by atoms with Crippen LogP contribution in [0.4, 0.5) is 0 Å². The molecule has 0 radical (unpaired) electrons. The summed E-state index contributed by atoms with van der Waals surface area (Å²) in [5.74, 6) is -0.130. The van der Waals surface area contributed by atoms with Gasteiger partial charge in [0.1, 0.15) is 11.5 Å². The summed E-state index contributed by atoms with van der Waals surface area (Å²) < 4.78 is 11.4. The number of amides is 1. The lowest BCUT2D eigenvalue weighted by Crippen LogP contribution is -2.25. The SMILES string of the molecule is O=C(/C=C/c1ccco1)Oc1ccc(Br)cc1C=NNC(=O)[C@H]1CC1(c1ccccc1)c1ccccc1. The van der Waals surface area contributed by atoms with Gasteiger partial charge in [-0.2, -0.15) is 5.10 Å². The highest BCUT2D eigenvalue weighted by Crippen LogP contribution is 2.58. The highest BCUT2D eigenvalue weighted by atomic mass is 79.9. The van der Waals surface area contributed by atoms with E-state index in [9.17, 15) is 9.59 Å².